The van der Waals surface area contributed by atoms with Gasteiger partial charge in [-0.1, -0.05) is 0 Å². The van der Waals surface area contributed by atoms with E-state index in [-0.39, 0.29) is 5.91 Å². The fourth-order valence-electron chi connectivity index (χ4n) is 4.86. The molecule has 3 aliphatic heterocycles. The quantitative estimate of drug-likeness (QED) is 0.926. The van der Waals surface area contributed by atoms with E-state index in [0.29, 0.717) is 23.6 Å². The zero-order chi connectivity index (χ0) is 14.7. The van der Waals surface area contributed by atoms with Gasteiger partial charge in [0, 0.05) is 31.9 Å². The zero-order valence-corrected chi connectivity index (χ0v) is 13.2. The van der Waals surface area contributed by atoms with Crippen molar-refractivity contribution in [2.45, 2.75) is 18.9 Å². The molecule has 5 heteroatoms. The molecule has 1 N–H and O–H groups in total. The summed E-state index contributed by atoms with van der Waals surface area (Å²) in [4.78, 5) is 19.6. The molecule has 6 rings (SSSR count). The average molecular weight is 313 g/mol. The molecule has 1 amide bonds. The van der Waals surface area contributed by atoms with Gasteiger partial charge in [0.1, 0.15) is 5.69 Å². The predicted molar refractivity (Wildman–Crippen MR) is 87.0 cm³/mol. The molecule has 22 heavy (non-hydrogen) atoms. The third-order valence-corrected chi connectivity index (χ3v) is 6.53. The molecule has 0 radical (unpaired) electrons. The van der Waals surface area contributed by atoms with Gasteiger partial charge in [0.25, 0.3) is 5.91 Å². The Bertz CT molecular complexity index is 712. The Labute approximate surface area is 133 Å². The van der Waals surface area contributed by atoms with E-state index in [1.165, 1.54) is 19.4 Å². The number of piperidine rings is 3. The van der Waals surface area contributed by atoms with Gasteiger partial charge in [0.15, 0.2) is 0 Å². The smallest absolute Gasteiger partial charge is 0.270 e. The highest BCUT2D eigenvalue weighted by Crippen LogP contribution is 2.43. The largest absolute Gasteiger partial charge is 0.347 e. The number of aromatic nitrogens is 1. The van der Waals surface area contributed by atoms with Gasteiger partial charge in [0.2, 0.25) is 0 Å². The van der Waals surface area contributed by atoms with Crippen LogP contribution in [0, 0.1) is 17.8 Å². The minimum absolute atomic E-state index is 0.000531. The molecular weight excluding hydrogens is 294 g/mol. The lowest BCUT2D eigenvalue weighted by Gasteiger charge is -2.55. The summed E-state index contributed by atoms with van der Waals surface area (Å²) in [5.74, 6) is 2.15. The van der Waals surface area contributed by atoms with Gasteiger partial charge in [-0.2, -0.15) is 0 Å². The average Bonchev–Trinajstić information content (AvgIpc) is 2.97. The van der Waals surface area contributed by atoms with E-state index in [0.717, 1.165) is 29.1 Å². The number of hydrogen-bond acceptors (Lipinski definition) is 4. The van der Waals surface area contributed by atoms with Gasteiger partial charge in [-0.25, -0.2) is 4.98 Å². The van der Waals surface area contributed by atoms with E-state index in [1.807, 2.05) is 17.6 Å². The summed E-state index contributed by atoms with van der Waals surface area (Å²) in [5, 5.41) is 6.46. The molecule has 1 aliphatic carbocycles. The number of fused-ring (bicyclic) bond motifs is 1. The highest BCUT2D eigenvalue weighted by atomic mass is 32.1. The Kier molecular flexibility index (Phi) is 2.82. The third-order valence-electron chi connectivity index (χ3n) is 5.66. The molecule has 0 aromatic carbocycles. The van der Waals surface area contributed by atoms with Gasteiger partial charge in [-0.3, -0.25) is 4.79 Å². The molecule has 0 spiro atoms. The molecule has 4 fully saturated rings. The lowest BCUT2D eigenvalue weighted by Crippen LogP contribution is -2.64. The Balaban J connectivity index is 1.38. The van der Waals surface area contributed by atoms with Crippen LogP contribution in [-0.2, 0) is 0 Å². The first-order valence-corrected chi connectivity index (χ1v) is 9.01. The second-order valence-corrected chi connectivity index (χ2v) is 8.05. The number of pyridine rings is 1. The van der Waals surface area contributed by atoms with Crippen LogP contribution in [0.4, 0.5) is 0 Å². The van der Waals surface area contributed by atoms with E-state index in [9.17, 15) is 4.79 Å². The molecule has 4 nitrogen and oxygen atoms in total. The normalized spacial score (nSPS) is 35.9. The molecule has 1 saturated carbocycles. The summed E-state index contributed by atoms with van der Waals surface area (Å²) in [7, 11) is 0. The topological polar surface area (TPSA) is 45.2 Å². The van der Waals surface area contributed by atoms with Gasteiger partial charge in [0.05, 0.1) is 4.70 Å². The lowest BCUT2D eigenvalue weighted by molar-refractivity contribution is -0.0419. The number of hydrogen-bond donors (Lipinski definition) is 1. The van der Waals surface area contributed by atoms with Gasteiger partial charge >= 0.3 is 0 Å². The summed E-state index contributed by atoms with van der Waals surface area (Å²) in [5.41, 5.74) is 0.556. The van der Waals surface area contributed by atoms with E-state index in [4.69, 9.17) is 0 Å². The standard InChI is InChI=1S/C17H19N3OS/c21-17(14-5-11-1-2-22-15(11)6-18-14)19-16-12-3-10-4-13(16)9-20(7-10)8-12/h1-2,5-6,10,12-13,16H,3-4,7-9H2,(H,19,21)/t10?,12-,13-,16?/m0/s1. The van der Waals surface area contributed by atoms with Crippen molar-refractivity contribution in [2.24, 2.45) is 17.8 Å². The van der Waals surface area contributed by atoms with Crippen molar-refractivity contribution >= 4 is 27.3 Å². The first-order valence-electron chi connectivity index (χ1n) is 8.13. The minimum atomic E-state index is 0.000531. The summed E-state index contributed by atoms with van der Waals surface area (Å²) < 4.78 is 1.14. The maximum absolute atomic E-state index is 12.6. The molecular formula is C17H19N3OS. The number of carbonyl (C=O) groups excluding carboxylic acids is 1. The summed E-state index contributed by atoms with van der Waals surface area (Å²) in [6.07, 6.45) is 4.39. The summed E-state index contributed by atoms with van der Waals surface area (Å²) in [6, 6.07) is 4.32. The highest BCUT2D eigenvalue weighted by Gasteiger charge is 2.47. The monoisotopic (exact) mass is 313 g/mol. The van der Waals surface area contributed by atoms with Gasteiger partial charge in [-0.05, 0) is 53.5 Å². The third kappa shape index (κ3) is 1.99. The van der Waals surface area contributed by atoms with E-state index in [1.54, 1.807) is 11.3 Å². The SMILES string of the molecule is O=C(NC1[C@H]2CC3C[C@H]1CN(C3)C2)c1cc2ccsc2cn1. The van der Waals surface area contributed by atoms with Crippen molar-refractivity contribution in [3.8, 4) is 0 Å². The summed E-state index contributed by atoms with van der Waals surface area (Å²) >= 11 is 1.66. The predicted octanol–water partition coefficient (Wildman–Crippen LogP) is 2.37. The molecule has 2 aromatic rings. The van der Waals surface area contributed by atoms with Crippen molar-refractivity contribution in [2.75, 3.05) is 19.6 Å². The van der Waals surface area contributed by atoms with Crippen LogP contribution in [0.15, 0.2) is 23.7 Å². The first kappa shape index (κ1) is 13.0. The zero-order valence-electron chi connectivity index (χ0n) is 12.4. The Morgan fingerprint density at radius 3 is 2.86 bits per heavy atom. The van der Waals surface area contributed by atoms with Crippen molar-refractivity contribution in [1.29, 1.82) is 0 Å². The van der Waals surface area contributed by atoms with Crippen LogP contribution in [0.3, 0.4) is 0 Å². The molecule has 3 saturated heterocycles. The van der Waals surface area contributed by atoms with Crippen LogP contribution < -0.4 is 5.32 Å². The number of carbonyl (C=O) groups is 1. The highest BCUT2D eigenvalue weighted by molar-refractivity contribution is 7.17. The van der Waals surface area contributed by atoms with Crippen molar-refractivity contribution in [3.05, 3.63) is 29.4 Å². The fourth-order valence-corrected chi connectivity index (χ4v) is 5.60. The molecule has 5 heterocycles. The Morgan fingerprint density at radius 1 is 1.27 bits per heavy atom. The van der Waals surface area contributed by atoms with Crippen LogP contribution in [0.2, 0.25) is 0 Å². The summed E-state index contributed by atoms with van der Waals surface area (Å²) in [6.45, 7) is 3.61. The van der Waals surface area contributed by atoms with Crippen LogP contribution >= 0.6 is 11.3 Å². The van der Waals surface area contributed by atoms with Crippen LogP contribution in [0.5, 0.6) is 0 Å². The van der Waals surface area contributed by atoms with E-state index < -0.39 is 0 Å². The Hall–Kier alpha value is -1.46. The molecule has 2 aromatic heterocycles. The maximum atomic E-state index is 12.6. The number of amides is 1. The van der Waals surface area contributed by atoms with Crippen LogP contribution in [0.1, 0.15) is 23.3 Å². The second-order valence-electron chi connectivity index (χ2n) is 7.10. The van der Waals surface area contributed by atoms with Gasteiger partial charge in [-0.15, -0.1) is 11.3 Å². The van der Waals surface area contributed by atoms with Crippen molar-refractivity contribution in [1.82, 2.24) is 15.2 Å². The Morgan fingerprint density at radius 2 is 2.09 bits per heavy atom. The molecule has 114 valence electrons. The van der Waals surface area contributed by atoms with Crippen molar-refractivity contribution in [3.63, 3.8) is 0 Å². The number of thiophene rings is 1. The number of nitrogens with one attached hydrogen (secondary N) is 1. The lowest BCUT2D eigenvalue weighted by atomic mass is 9.65. The number of rotatable bonds is 2. The molecule has 0 unspecified atom stereocenters. The minimum Gasteiger partial charge on any atom is -0.347 e. The first-order chi connectivity index (χ1) is 10.8. The van der Waals surface area contributed by atoms with E-state index >= 15 is 0 Å². The van der Waals surface area contributed by atoms with Gasteiger partial charge < -0.3 is 10.2 Å². The number of nitrogens with zero attached hydrogens (tertiary/aromatic N) is 2. The molecule has 2 atom stereocenters. The second kappa shape index (κ2) is 4.77. The molecule has 4 bridgehead atoms. The van der Waals surface area contributed by atoms with Crippen molar-refractivity contribution < 1.29 is 4.79 Å². The van der Waals surface area contributed by atoms with Crippen LogP contribution in [0.25, 0.3) is 10.1 Å². The van der Waals surface area contributed by atoms with Crippen LogP contribution in [-0.4, -0.2) is 41.5 Å². The maximum Gasteiger partial charge on any atom is 0.270 e. The van der Waals surface area contributed by atoms with E-state index in [2.05, 4.69) is 21.3 Å². The fraction of sp³-hybridized carbons (Fsp3) is 0.529. The molecule has 4 aliphatic rings.